The second-order valence-corrected chi connectivity index (χ2v) is 4.18. The van der Waals surface area contributed by atoms with Crippen LogP contribution in [0.1, 0.15) is 20.8 Å². The number of rotatable bonds is 4. The maximum absolute atomic E-state index is 5.67. The van der Waals surface area contributed by atoms with Crippen LogP contribution in [0, 0.1) is 0 Å². The number of thiocarbonyl (C=S) groups is 1. The molecule has 0 radical (unpaired) electrons. The molecule has 0 saturated heterocycles. The van der Waals surface area contributed by atoms with Gasteiger partial charge < -0.3 is 10.1 Å². The number of ether oxygens (including phenoxy) is 1. The Labute approximate surface area is 96.6 Å². The summed E-state index contributed by atoms with van der Waals surface area (Å²) >= 11 is 5.22. The molecule has 1 aromatic rings. The Morgan fingerprint density at radius 2 is 1.80 bits per heavy atom. The van der Waals surface area contributed by atoms with E-state index >= 15 is 0 Å². The molecule has 1 atom stereocenters. The zero-order chi connectivity index (χ0) is 11.3. The molecule has 1 unspecified atom stereocenters. The van der Waals surface area contributed by atoms with Crippen LogP contribution in [0.25, 0.3) is 0 Å². The van der Waals surface area contributed by atoms with Crippen molar-refractivity contribution in [2.75, 3.05) is 0 Å². The highest BCUT2D eigenvalue weighted by molar-refractivity contribution is 7.80. The monoisotopic (exact) mass is 223 g/mol. The fourth-order valence-corrected chi connectivity index (χ4v) is 1.44. The van der Waals surface area contributed by atoms with E-state index in [0.717, 1.165) is 10.7 Å². The summed E-state index contributed by atoms with van der Waals surface area (Å²) in [6, 6.07) is 10.0. The smallest absolute Gasteiger partial charge is 0.146 e. The third-order valence-electron chi connectivity index (χ3n) is 1.86. The summed E-state index contributed by atoms with van der Waals surface area (Å²) in [7, 11) is 0. The Morgan fingerprint density at radius 3 is 2.33 bits per heavy atom. The highest BCUT2D eigenvalue weighted by atomic mass is 32.1. The van der Waals surface area contributed by atoms with Gasteiger partial charge in [-0.15, -0.1) is 0 Å². The molecule has 0 heterocycles. The van der Waals surface area contributed by atoms with Crippen molar-refractivity contribution in [2.45, 2.75) is 32.9 Å². The van der Waals surface area contributed by atoms with E-state index in [9.17, 15) is 0 Å². The van der Waals surface area contributed by atoms with Crippen molar-refractivity contribution in [2.24, 2.45) is 0 Å². The topological polar surface area (TPSA) is 21.3 Å². The van der Waals surface area contributed by atoms with Gasteiger partial charge >= 0.3 is 0 Å². The highest BCUT2D eigenvalue weighted by Crippen LogP contribution is 2.11. The summed E-state index contributed by atoms with van der Waals surface area (Å²) in [6.07, 6.45) is -0.0928. The summed E-state index contributed by atoms with van der Waals surface area (Å²) in [5.74, 6) is 0.845. The predicted octanol–water partition coefficient (Wildman–Crippen LogP) is 2.78. The molecular formula is C12H17NOS. The molecule has 0 aromatic heterocycles. The van der Waals surface area contributed by atoms with Crippen LogP contribution in [0.2, 0.25) is 0 Å². The van der Waals surface area contributed by atoms with Crippen LogP contribution in [0.3, 0.4) is 0 Å². The molecule has 0 saturated carbocycles. The Kier molecular flexibility index (Phi) is 4.56. The molecule has 82 valence electrons. The summed E-state index contributed by atoms with van der Waals surface area (Å²) in [4.78, 5) is 0.744. The fraction of sp³-hybridized carbons (Fsp3) is 0.417. The van der Waals surface area contributed by atoms with Crippen molar-refractivity contribution in [1.29, 1.82) is 0 Å². The zero-order valence-corrected chi connectivity index (χ0v) is 10.2. The average Bonchev–Trinajstić information content (AvgIpc) is 2.18. The zero-order valence-electron chi connectivity index (χ0n) is 9.36. The van der Waals surface area contributed by atoms with E-state index in [4.69, 9.17) is 17.0 Å². The molecule has 0 bridgehead atoms. The molecule has 0 fully saturated rings. The normalized spacial score (nSPS) is 12.3. The van der Waals surface area contributed by atoms with Crippen LogP contribution in [0.15, 0.2) is 30.3 Å². The van der Waals surface area contributed by atoms with Crippen molar-refractivity contribution in [3.63, 3.8) is 0 Å². The second kappa shape index (κ2) is 5.71. The molecule has 15 heavy (non-hydrogen) atoms. The minimum Gasteiger partial charge on any atom is -0.484 e. The largest absolute Gasteiger partial charge is 0.484 e. The summed E-state index contributed by atoms with van der Waals surface area (Å²) < 4.78 is 5.67. The molecule has 0 amide bonds. The molecule has 1 N–H and O–H groups in total. The van der Waals surface area contributed by atoms with Gasteiger partial charge in [0.05, 0.1) is 0 Å². The molecule has 3 heteroatoms. The predicted molar refractivity (Wildman–Crippen MR) is 67.4 cm³/mol. The number of para-hydroxylation sites is 1. The van der Waals surface area contributed by atoms with Crippen molar-refractivity contribution in [1.82, 2.24) is 5.32 Å². The Hall–Kier alpha value is -1.09. The fourth-order valence-electron chi connectivity index (χ4n) is 1.16. The van der Waals surface area contributed by atoms with Crippen molar-refractivity contribution in [3.05, 3.63) is 30.3 Å². The number of hydrogen-bond donors (Lipinski definition) is 1. The van der Waals surface area contributed by atoms with Crippen LogP contribution < -0.4 is 10.1 Å². The van der Waals surface area contributed by atoms with Crippen LogP contribution in [0.4, 0.5) is 0 Å². The van der Waals surface area contributed by atoms with Gasteiger partial charge in [-0.3, -0.25) is 0 Å². The molecule has 0 spiro atoms. The van der Waals surface area contributed by atoms with E-state index < -0.39 is 0 Å². The Balaban J connectivity index is 2.49. The SMILES string of the molecule is CC(C)NC(=S)C(C)Oc1ccccc1. The molecule has 0 aliphatic rings. The molecule has 1 aromatic carbocycles. The minimum atomic E-state index is -0.0928. The van der Waals surface area contributed by atoms with Gasteiger partial charge in [-0.05, 0) is 32.9 Å². The lowest BCUT2D eigenvalue weighted by Crippen LogP contribution is -2.38. The van der Waals surface area contributed by atoms with E-state index in [1.807, 2.05) is 37.3 Å². The van der Waals surface area contributed by atoms with Gasteiger partial charge in [0.1, 0.15) is 16.8 Å². The average molecular weight is 223 g/mol. The maximum Gasteiger partial charge on any atom is 0.146 e. The van der Waals surface area contributed by atoms with Crippen molar-refractivity contribution >= 4 is 17.2 Å². The molecule has 2 nitrogen and oxygen atoms in total. The van der Waals surface area contributed by atoms with Crippen LogP contribution >= 0.6 is 12.2 Å². The highest BCUT2D eigenvalue weighted by Gasteiger charge is 2.10. The van der Waals surface area contributed by atoms with Gasteiger partial charge in [0.15, 0.2) is 0 Å². The first-order chi connectivity index (χ1) is 7.09. The number of hydrogen-bond acceptors (Lipinski definition) is 2. The van der Waals surface area contributed by atoms with Gasteiger partial charge in [-0.1, -0.05) is 30.4 Å². The number of nitrogens with one attached hydrogen (secondary N) is 1. The summed E-state index contributed by atoms with van der Waals surface area (Å²) in [5, 5.41) is 3.17. The van der Waals surface area contributed by atoms with Gasteiger partial charge in [-0.2, -0.15) is 0 Å². The van der Waals surface area contributed by atoms with Crippen molar-refractivity contribution in [3.8, 4) is 5.75 Å². The Morgan fingerprint density at radius 1 is 1.20 bits per heavy atom. The minimum absolute atomic E-state index is 0.0928. The lowest BCUT2D eigenvalue weighted by Gasteiger charge is -2.18. The first-order valence-electron chi connectivity index (χ1n) is 5.11. The van der Waals surface area contributed by atoms with E-state index in [0.29, 0.717) is 6.04 Å². The number of benzene rings is 1. The molecular weight excluding hydrogens is 206 g/mol. The maximum atomic E-state index is 5.67. The lowest BCUT2D eigenvalue weighted by atomic mass is 10.3. The van der Waals surface area contributed by atoms with Gasteiger partial charge in [-0.25, -0.2) is 0 Å². The third-order valence-corrected chi connectivity index (χ3v) is 2.31. The van der Waals surface area contributed by atoms with E-state index in [-0.39, 0.29) is 6.10 Å². The van der Waals surface area contributed by atoms with Crippen molar-refractivity contribution < 1.29 is 4.74 Å². The van der Waals surface area contributed by atoms with Crippen LogP contribution in [-0.4, -0.2) is 17.1 Å². The summed E-state index contributed by atoms with van der Waals surface area (Å²) in [6.45, 7) is 6.06. The van der Waals surface area contributed by atoms with Gasteiger partial charge in [0.25, 0.3) is 0 Å². The standard InChI is InChI=1S/C12H17NOS/c1-9(2)13-12(15)10(3)14-11-7-5-4-6-8-11/h4-10H,1-3H3,(H,13,15). The molecule has 1 rings (SSSR count). The first-order valence-corrected chi connectivity index (χ1v) is 5.52. The summed E-state index contributed by atoms with van der Waals surface area (Å²) in [5.41, 5.74) is 0. The Bertz CT molecular complexity index is 311. The second-order valence-electron chi connectivity index (χ2n) is 3.74. The first kappa shape index (κ1) is 12.0. The van der Waals surface area contributed by atoms with Gasteiger partial charge in [0, 0.05) is 6.04 Å². The van der Waals surface area contributed by atoms with Crippen LogP contribution in [0.5, 0.6) is 5.75 Å². The quantitative estimate of drug-likeness (QED) is 0.793. The van der Waals surface area contributed by atoms with Gasteiger partial charge in [0.2, 0.25) is 0 Å². The molecule has 0 aliphatic carbocycles. The lowest BCUT2D eigenvalue weighted by molar-refractivity contribution is 0.284. The molecule has 0 aliphatic heterocycles. The van der Waals surface area contributed by atoms with E-state index in [1.165, 1.54) is 0 Å². The van der Waals surface area contributed by atoms with E-state index in [2.05, 4.69) is 19.2 Å². The van der Waals surface area contributed by atoms with E-state index in [1.54, 1.807) is 0 Å². The van der Waals surface area contributed by atoms with Crippen LogP contribution in [-0.2, 0) is 0 Å². The third kappa shape index (κ3) is 4.30.